The molecular formula is C12H19BrN2O. The van der Waals surface area contributed by atoms with Crippen molar-refractivity contribution in [3.63, 3.8) is 0 Å². The van der Waals surface area contributed by atoms with E-state index in [1.807, 2.05) is 13.1 Å². The first kappa shape index (κ1) is 12.1. The fraction of sp³-hybridized carbons (Fsp3) is 0.667. The number of hydrogen-bond donors (Lipinski definition) is 1. The number of furan rings is 1. The van der Waals surface area contributed by atoms with Gasteiger partial charge in [0.1, 0.15) is 5.76 Å². The molecule has 0 aromatic carbocycles. The van der Waals surface area contributed by atoms with Crippen LogP contribution in [0.2, 0.25) is 0 Å². The molecule has 0 spiro atoms. The summed E-state index contributed by atoms with van der Waals surface area (Å²) in [4.78, 5) is 2.40. The molecule has 1 saturated heterocycles. The lowest BCUT2D eigenvalue weighted by molar-refractivity contribution is 0.101. The third-order valence-corrected chi connectivity index (χ3v) is 3.79. The van der Waals surface area contributed by atoms with Crippen LogP contribution in [0.1, 0.15) is 24.6 Å². The molecule has 4 heteroatoms. The molecule has 0 radical (unpaired) electrons. The Morgan fingerprint density at radius 2 is 2.38 bits per heavy atom. The normalized spacial score (nSPS) is 27.2. The third kappa shape index (κ3) is 2.50. The Kier molecular flexibility index (Phi) is 4.05. The summed E-state index contributed by atoms with van der Waals surface area (Å²) < 4.78 is 6.54. The Morgan fingerprint density at radius 3 is 3.00 bits per heavy atom. The average molecular weight is 287 g/mol. The van der Waals surface area contributed by atoms with Gasteiger partial charge in [0.15, 0.2) is 4.67 Å². The van der Waals surface area contributed by atoms with Crippen molar-refractivity contribution in [2.75, 3.05) is 27.2 Å². The van der Waals surface area contributed by atoms with Crippen molar-refractivity contribution >= 4 is 15.9 Å². The second-order valence-electron chi connectivity index (χ2n) is 4.53. The van der Waals surface area contributed by atoms with Gasteiger partial charge in [0.2, 0.25) is 0 Å². The number of hydrogen-bond acceptors (Lipinski definition) is 3. The van der Waals surface area contributed by atoms with E-state index in [9.17, 15) is 0 Å². The smallest absolute Gasteiger partial charge is 0.169 e. The monoisotopic (exact) mass is 286 g/mol. The molecule has 1 aromatic rings. The van der Waals surface area contributed by atoms with Crippen molar-refractivity contribution in [2.45, 2.75) is 18.9 Å². The molecule has 0 saturated carbocycles. The minimum absolute atomic E-state index is 0.410. The Morgan fingerprint density at radius 1 is 1.56 bits per heavy atom. The summed E-state index contributed by atoms with van der Waals surface area (Å²) >= 11 is 3.38. The van der Waals surface area contributed by atoms with Crippen molar-refractivity contribution in [3.05, 3.63) is 22.6 Å². The molecule has 1 aliphatic heterocycles. The van der Waals surface area contributed by atoms with Gasteiger partial charge < -0.3 is 9.73 Å². The highest BCUT2D eigenvalue weighted by atomic mass is 79.9. The average Bonchev–Trinajstić information content (AvgIpc) is 2.65. The Balaban J connectivity index is 2.18. The van der Waals surface area contributed by atoms with Crippen LogP contribution in [0, 0.1) is 5.92 Å². The highest BCUT2D eigenvalue weighted by Gasteiger charge is 2.32. The molecule has 1 fully saturated rings. The summed E-state index contributed by atoms with van der Waals surface area (Å²) in [6.07, 6.45) is 2.55. The van der Waals surface area contributed by atoms with Crippen molar-refractivity contribution in [1.29, 1.82) is 0 Å². The predicted octanol–water partition coefficient (Wildman–Crippen LogP) is 2.64. The van der Waals surface area contributed by atoms with E-state index < -0.39 is 0 Å². The second kappa shape index (κ2) is 5.34. The van der Waals surface area contributed by atoms with Crippen LogP contribution >= 0.6 is 15.9 Å². The van der Waals surface area contributed by atoms with Crippen molar-refractivity contribution < 1.29 is 4.42 Å². The van der Waals surface area contributed by atoms with E-state index in [0.717, 1.165) is 23.5 Å². The Bertz CT molecular complexity index is 338. The Labute approximate surface area is 105 Å². The van der Waals surface area contributed by atoms with E-state index in [1.54, 1.807) is 0 Å². The third-order valence-electron chi connectivity index (χ3n) is 3.36. The van der Waals surface area contributed by atoms with Gasteiger partial charge in [-0.25, -0.2) is 0 Å². The molecule has 3 nitrogen and oxygen atoms in total. The lowest BCUT2D eigenvalue weighted by Crippen LogP contribution is -2.39. The number of halogens is 1. The SMILES string of the molecule is CNCC1CCCN(C)C1c1ccc(Br)o1. The van der Waals surface area contributed by atoms with E-state index in [-0.39, 0.29) is 0 Å². The first-order chi connectivity index (χ1) is 7.72. The van der Waals surface area contributed by atoms with Gasteiger partial charge in [0.05, 0.1) is 6.04 Å². The molecule has 2 atom stereocenters. The fourth-order valence-corrected chi connectivity index (χ4v) is 2.99. The number of piperidine rings is 1. The van der Waals surface area contributed by atoms with Crippen LogP contribution < -0.4 is 5.32 Å². The molecule has 90 valence electrons. The van der Waals surface area contributed by atoms with Gasteiger partial charge in [-0.2, -0.15) is 0 Å². The van der Waals surface area contributed by atoms with E-state index in [4.69, 9.17) is 4.42 Å². The van der Waals surface area contributed by atoms with Crippen LogP contribution in [-0.2, 0) is 0 Å². The summed E-state index contributed by atoms with van der Waals surface area (Å²) in [5.74, 6) is 1.72. The van der Waals surface area contributed by atoms with Gasteiger partial charge in [-0.15, -0.1) is 0 Å². The lowest BCUT2D eigenvalue weighted by Gasteiger charge is -2.37. The fourth-order valence-electron chi connectivity index (χ4n) is 2.67. The van der Waals surface area contributed by atoms with Crippen LogP contribution in [0.3, 0.4) is 0 Å². The zero-order valence-electron chi connectivity index (χ0n) is 9.87. The second-order valence-corrected chi connectivity index (χ2v) is 5.31. The van der Waals surface area contributed by atoms with Gasteiger partial charge in [-0.3, -0.25) is 4.90 Å². The predicted molar refractivity (Wildman–Crippen MR) is 68.4 cm³/mol. The molecule has 1 N–H and O–H groups in total. The van der Waals surface area contributed by atoms with Gasteiger partial charge in [0, 0.05) is 0 Å². The number of nitrogens with zero attached hydrogens (tertiary/aromatic N) is 1. The summed E-state index contributed by atoms with van der Waals surface area (Å²) in [5, 5.41) is 3.28. The molecule has 1 aliphatic rings. The van der Waals surface area contributed by atoms with Gasteiger partial charge in [-0.1, -0.05) is 0 Å². The first-order valence-corrected chi connectivity index (χ1v) is 6.61. The summed E-state index contributed by atoms with van der Waals surface area (Å²) in [6, 6.07) is 4.47. The highest BCUT2D eigenvalue weighted by molar-refractivity contribution is 9.10. The molecule has 2 unspecified atom stereocenters. The Hall–Kier alpha value is -0.320. The largest absolute Gasteiger partial charge is 0.453 e. The first-order valence-electron chi connectivity index (χ1n) is 5.82. The lowest BCUT2D eigenvalue weighted by atomic mass is 9.88. The number of likely N-dealkylation sites (tertiary alicyclic amines) is 1. The van der Waals surface area contributed by atoms with Crippen LogP contribution in [0.5, 0.6) is 0 Å². The van der Waals surface area contributed by atoms with Crippen LogP contribution in [0.15, 0.2) is 21.2 Å². The molecule has 2 heterocycles. The standard InChI is InChI=1S/C12H19BrN2O/c1-14-8-9-4-3-7-15(2)12(9)10-5-6-11(13)16-10/h5-6,9,12,14H,3-4,7-8H2,1-2H3. The minimum atomic E-state index is 0.410. The van der Waals surface area contributed by atoms with Crippen molar-refractivity contribution in [1.82, 2.24) is 10.2 Å². The molecule has 0 amide bonds. The van der Waals surface area contributed by atoms with Gasteiger partial charge in [0.25, 0.3) is 0 Å². The van der Waals surface area contributed by atoms with Gasteiger partial charge >= 0.3 is 0 Å². The molecular weight excluding hydrogens is 268 g/mol. The molecule has 16 heavy (non-hydrogen) atoms. The van der Waals surface area contributed by atoms with E-state index >= 15 is 0 Å². The number of rotatable bonds is 3. The summed E-state index contributed by atoms with van der Waals surface area (Å²) in [7, 11) is 4.20. The van der Waals surface area contributed by atoms with E-state index in [0.29, 0.717) is 12.0 Å². The van der Waals surface area contributed by atoms with Gasteiger partial charge in [-0.05, 0) is 74.0 Å². The zero-order chi connectivity index (χ0) is 11.5. The number of nitrogens with one attached hydrogen (secondary N) is 1. The van der Waals surface area contributed by atoms with Crippen LogP contribution in [0.25, 0.3) is 0 Å². The maximum Gasteiger partial charge on any atom is 0.169 e. The minimum Gasteiger partial charge on any atom is -0.453 e. The molecule has 2 rings (SSSR count). The quantitative estimate of drug-likeness (QED) is 0.926. The highest BCUT2D eigenvalue weighted by Crippen LogP contribution is 2.36. The van der Waals surface area contributed by atoms with E-state index in [2.05, 4.69) is 39.3 Å². The topological polar surface area (TPSA) is 28.4 Å². The summed E-state index contributed by atoms with van der Waals surface area (Å²) in [6.45, 7) is 2.20. The van der Waals surface area contributed by atoms with Crippen LogP contribution in [0.4, 0.5) is 0 Å². The molecule has 0 aliphatic carbocycles. The molecule has 0 bridgehead atoms. The van der Waals surface area contributed by atoms with Crippen LogP contribution in [-0.4, -0.2) is 32.1 Å². The maximum atomic E-state index is 5.72. The van der Waals surface area contributed by atoms with Crippen molar-refractivity contribution in [3.8, 4) is 0 Å². The van der Waals surface area contributed by atoms with Crippen molar-refractivity contribution in [2.24, 2.45) is 5.92 Å². The molecule has 1 aromatic heterocycles. The zero-order valence-corrected chi connectivity index (χ0v) is 11.5. The summed E-state index contributed by atoms with van der Waals surface area (Å²) in [5.41, 5.74) is 0. The maximum absolute atomic E-state index is 5.72. The van der Waals surface area contributed by atoms with E-state index in [1.165, 1.54) is 12.8 Å².